The van der Waals surface area contributed by atoms with Crippen LogP contribution >= 0.6 is 0 Å². The minimum absolute atomic E-state index is 0.0824. The van der Waals surface area contributed by atoms with Gasteiger partial charge in [0.05, 0.1) is 16.7 Å². The highest BCUT2D eigenvalue weighted by Crippen LogP contribution is 2.23. The Kier molecular flexibility index (Phi) is 5.02. The third kappa shape index (κ3) is 3.44. The van der Waals surface area contributed by atoms with Crippen molar-refractivity contribution in [2.45, 2.75) is 13.3 Å². The Morgan fingerprint density at radius 2 is 1.77 bits per heavy atom. The second-order valence-corrected chi connectivity index (χ2v) is 5.92. The van der Waals surface area contributed by atoms with Crippen LogP contribution < -0.4 is 4.74 Å². The molecule has 0 aromatic heterocycles. The first kappa shape index (κ1) is 17.7. The number of esters is 1. The number of fused-ring (bicyclic) bond motifs is 1. The van der Waals surface area contributed by atoms with Gasteiger partial charge in [-0.25, -0.2) is 4.79 Å². The Hall–Kier alpha value is -3.15. The Bertz CT molecular complexity index is 874. The number of ether oxygens (including phenoxy) is 2. The molecule has 0 radical (unpaired) electrons. The summed E-state index contributed by atoms with van der Waals surface area (Å²) in [7, 11) is 1.41. The fraction of sp³-hybridized carbons (Fsp3) is 0.250. The third-order valence-corrected chi connectivity index (χ3v) is 4.22. The van der Waals surface area contributed by atoms with Crippen molar-refractivity contribution in [3.63, 3.8) is 0 Å². The van der Waals surface area contributed by atoms with Crippen molar-refractivity contribution in [2.75, 3.05) is 20.3 Å². The molecule has 134 valence electrons. The summed E-state index contributed by atoms with van der Waals surface area (Å²) < 4.78 is 10.8. The van der Waals surface area contributed by atoms with Crippen LogP contribution in [0.1, 0.15) is 43.6 Å². The van der Waals surface area contributed by atoms with E-state index in [1.165, 1.54) is 30.8 Å². The van der Waals surface area contributed by atoms with Gasteiger partial charge in [-0.15, -0.1) is 0 Å². The molecule has 0 aliphatic carbocycles. The lowest BCUT2D eigenvalue weighted by atomic mass is 10.1. The Balaban J connectivity index is 1.56. The maximum atomic E-state index is 12.1. The fourth-order valence-corrected chi connectivity index (χ4v) is 2.72. The van der Waals surface area contributed by atoms with Crippen LogP contribution in [-0.2, 0) is 11.2 Å². The summed E-state index contributed by atoms with van der Waals surface area (Å²) in [4.78, 5) is 37.0. The van der Waals surface area contributed by atoms with Crippen molar-refractivity contribution in [3.8, 4) is 5.75 Å². The molecule has 1 aliphatic heterocycles. The largest absolute Gasteiger partial charge is 0.490 e. The predicted molar refractivity (Wildman–Crippen MR) is 94.5 cm³/mol. The molecule has 2 aromatic carbocycles. The number of rotatable bonds is 6. The molecule has 0 saturated carbocycles. The minimum Gasteiger partial charge on any atom is -0.490 e. The number of carbonyl (C=O) groups is 3. The minimum atomic E-state index is -0.562. The molecule has 0 spiro atoms. The number of amides is 2. The molecule has 2 aromatic rings. The summed E-state index contributed by atoms with van der Waals surface area (Å²) in [5.74, 6) is -0.620. The summed E-state index contributed by atoms with van der Waals surface area (Å²) >= 11 is 0. The Morgan fingerprint density at radius 3 is 2.54 bits per heavy atom. The van der Waals surface area contributed by atoms with Crippen LogP contribution in [0.25, 0.3) is 0 Å². The third-order valence-electron chi connectivity index (χ3n) is 4.22. The predicted octanol–water partition coefficient (Wildman–Crippen LogP) is 2.71. The number of carbonyl (C=O) groups excluding carboxylic acids is 3. The molecule has 0 saturated heterocycles. The van der Waals surface area contributed by atoms with E-state index < -0.39 is 11.9 Å². The molecule has 1 heterocycles. The van der Waals surface area contributed by atoms with E-state index in [1.807, 2.05) is 24.3 Å². The maximum Gasteiger partial charge on any atom is 0.338 e. The van der Waals surface area contributed by atoms with Crippen molar-refractivity contribution >= 4 is 17.8 Å². The summed E-state index contributed by atoms with van der Waals surface area (Å²) in [6.45, 7) is 2.37. The van der Waals surface area contributed by atoms with E-state index in [1.54, 1.807) is 0 Å². The van der Waals surface area contributed by atoms with Gasteiger partial charge in [-0.05, 0) is 42.3 Å². The van der Waals surface area contributed by atoms with Crippen molar-refractivity contribution in [1.29, 1.82) is 0 Å². The monoisotopic (exact) mass is 353 g/mol. The summed E-state index contributed by atoms with van der Waals surface area (Å²) in [6, 6.07) is 12.1. The smallest absolute Gasteiger partial charge is 0.338 e. The normalized spacial score (nSPS) is 12.9. The highest BCUT2D eigenvalue weighted by molar-refractivity contribution is 6.21. The van der Waals surface area contributed by atoms with Crippen LogP contribution in [0.5, 0.6) is 5.75 Å². The van der Waals surface area contributed by atoms with Gasteiger partial charge in [-0.2, -0.15) is 0 Å². The molecule has 6 nitrogen and oxygen atoms in total. The van der Waals surface area contributed by atoms with Gasteiger partial charge in [0, 0.05) is 7.05 Å². The van der Waals surface area contributed by atoms with E-state index in [0.717, 1.165) is 17.1 Å². The lowest BCUT2D eigenvalue weighted by molar-refractivity contribution is 0.0450. The molecule has 1 aliphatic rings. The number of aryl methyl sites for hydroxylation is 1. The van der Waals surface area contributed by atoms with E-state index in [0.29, 0.717) is 5.56 Å². The quantitative estimate of drug-likeness (QED) is 0.454. The molecular formula is C20H19NO5. The number of imide groups is 1. The van der Waals surface area contributed by atoms with Gasteiger partial charge in [-0.1, -0.05) is 19.1 Å². The molecule has 0 N–H and O–H groups in total. The first-order chi connectivity index (χ1) is 12.5. The van der Waals surface area contributed by atoms with E-state index in [-0.39, 0.29) is 30.2 Å². The van der Waals surface area contributed by atoms with Gasteiger partial charge >= 0.3 is 5.97 Å². The zero-order valence-electron chi connectivity index (χ0n) is 14.7. The summed E-state index contributed by atoms with van der Waals surface area (Å²) in [6.07, 6.45) is 0.918. The van der Waals surface area contributed by atoms with Crippen molar-refractivity contribution in [3.05, 3.63) is 64.7 Å². The van der Waals surface area contributed by atoms with E-state index in [9.17, 15) is 14.4 Å². The first-order valence-electron chi connectivity index (χ1n) is 8.36. The van der Waals surface area contributed by atoms with Crippen LogP contribution in [-0.4, -0.2) is 42.9 Å². The SMILES string of the molecule is CCc1cccc(OCCOC(=O)c2ccc3c(c2)C(=O)N(C)C3=O)c1. The molecule has 0 bridgehead atoms. The average Bonchev–Trinajstić information content (AvgIpc) is 2.89. The molecule has 0 atom stereocenters. The van der Waals surface area contributed by atoms with Gasteiger partial charge in [-0.3, -0.25) is 14.5 Å². The highest BCUT2D eigenvalue weighted by atomic mass is 16.6. The standard InChI is InChI=1S/C20H19NO5/c1-3-13-5-4-6-15(11-13)25-9-10-26-20(24)14-7-8-16-17(12-14)19(23)21(2)18(16)22/h4-8,11-12H,3,9-10H2,1-2H3. The van der Waals surface area contributed by atoms with Crippen LogP contribution in [0, 0.1) is 0 Å². The van der Waals surface area contributed by atoms with Crippen molar-refractivity contribution in [1.82, 2.24) is 4.90 Å². The van der Waals surface area contributed by atoms with E-state index >= 15 is 0 Å². The van der Waals surface area contributed by atoms with Gasteiger partial charge in [0.1, 0.15) is 19.0 Å². The second-order valence-electron chi connectivity index (χ2n) is 5.92. The molecule has 6 heteroatoms. The van der Waals surface area contributed by atoms with Crippen LogP contribution in [0.4, 0.5) is 0 Å². The summed E-state index contributed by atoms with van der Waals surface area (Å²) in [5.41, 5.74) is 1.92. The van der Waals surface area contributed by atoms with E-state index in [2.05, 4.69) is 6.92 Å². The van der Waals surface area contributed by atoms with Gasteiger partial charge < -0.3 is 9.47 Å². The van der Waals surface area contributed by atoms with Gasteiger partial charge in [0.2, 0.25) is 0 Å². The number of benzene rings is 2. The van der Waals surface area contributed by atoms with Crippen LogP contribution in [0.2, 0.25) is 0 Å². The number of hydrogen-bond donors (Lipinski definition) is 0. The Labute approximate surface area is 151 Å². The topological polar surface area (TPSA) is 72.9 Å². The van der Waals surface area contributed by atoms with Crippen LogP contribution in [0.15, 0.2) is 42.5 Å². The maximum absolute atomic E-state index is 12.1. The molecule has 0 fully saturated rings. The highest BCUT2D eigenvalue weighted by Gasteiger charge is 2.33. The first-order valence-corrected chi connectivity index (χ1v) is 8.36. The van der Waals surface area contributed by atoms with Crippen LogP contribution in [0.3, 0.4) is 0 Å². The van der Waals surface area contributed by atoms with Gasteiger partial charge in [0.15, 0.2) is 0 Å². The summed E-state index contributed by atoms with van der Waals surface area (Å²) in [5, 5.41) is 0. The molecule has 26 heavy (non-hydrogen) atoms. The zero-order chi connectivity index (χ0) is 18.7. The molecular weight excluding hydrogens is 334 g/mol. The molecule has 0 unspecified atom stereocenters. The Morgan fingerprint density at radius 1 is 1.00 bits per heavy atom. The second kappa shape index (κ2) is 7.39. The van der Waals surface area contributed by atoms with Crippen molar-refractivity contribution in [2.24, 2.45) is 0 Å². The molecule has 3 rings (SSSR count). The van der Waals surface area contributed by atoms with Crippen molar-refractivity contribution < 1.29 is 23.9 Å². The lowest BCUT2D eigenvalue weighted by Gasteiger charge is -2.09. The lowest BCUT2D eigenvalue weighted by Crippen LogP contribution is -2.24. The fourth-order valence-electron chi connectivity index (χ4n) is 2.72. The average molecular weight is 353 g/mol. The number of nitrogens with zero attached hydrogens (tertiary/aromatic N) is 1. The molecule has 2 amide bonds. The van der Waals surface area contributed by atoms with E-state index in [4.69, 9.17) is 9.47 Å². The van der Waals surface area contributed by atoms with Gasteiger partial charge in [0.25, 0.3) is 11.8 Å². The zero-order valence-corrected chi connectivity index (χ0v) is 14.7. The number of hydrogen-bond acceptors (Lipinski definition) is 5.